The average molecular weight is 224 g/mol. The first-order chi connectivity index (χ1) is 7.75. The Bertz CT molecular complexity index is 340. The van der Waals surface area contributed by atoms with Gasteiger partial charge in [-0.15, -0.1) is 0 Å². The Kier molecular flexibility index (Phi) is 3.71. The Labute approximate surface area is 94.2 Å². The molecule has 16 heavy (non-hydrogen) atoms. The van der Waals surface area contributed by atoms with E-state index >= 15 is 0 Å². The number of anilines is 1. The third kappa shape index (κ3) is 2.91. The Morgan fingerprint density at radius 2 is 2.44 bits per heavy atom. The molecule has 0 aliphatic carbocycles. The number of nitrogens with zero attached hydrogens (tertiary/aromatic N) is 1. The van der Waals surface area contributed by atoms with E-state index in [1.165, 1.54) is 0 Å². The molecule has 1 aliphatic rings. The molecule has 0 saturated carbocycles. The lowest BCUT2D eigenvalue weighted by Crippen LogP contribution is -2.39. The molecule has 0 bridgehead atoms. The second kappa shape index (κ2) is 5.25. The summed E-state index contributed by atoms with van der Waals surface area (Å²) in [5, 5.41) is 9.95. The summed E-state index contributed by atoms with van der Waals surface area (Å²) in [7, 11) is 0. The number of nitrogens with two attached hydrogens (primary N) is 1. The summed E-state index contributed by atoms with van der Waals surface area (Å²) in [5.74, 6) is 0.463. The van der Waals surface area contributed by atoms with Crippen molar-refractivity contribution in [3.05, 3.63) is 23.9 Å². The molecular weight excluding hydrogens is 208 g/mol. The summed E-state index contributed by atoms with van der Waals surface area (Å²) in [6.45, 7) is 1.59. The molecule has 0 aromatic carbocycles. The first-order valence-electron chi connectivity index (χ1n) is 5.33. The summed E-state index contributed by atoms with van der Waals surface area (Å²) < 4.78 is 10.7. The van der Waals surface area contributed by atoms with Crippen molar-refractivity contribution in [2.75, 3.05) is 25.6 Å². The fraction of sp³-hybridized carbons (Fsp3) is 0.545. The van der Waals surface area contributed by atoms with Crippen LogP contribution in [0.4, 0.5) is 5.82 Å². The zero-order chi connectivity index (χ0) is 11.4. The van der Waals surface area contributed by atoms with Crippen LogP contribution in [0.15, 0.2) is 18.3 Å². The van der Waals surface area contributed by atoms with Gasteiger partial charge >= 0.3 is 0 Å². The van der Waals surface area contributed by atoms with Gasteiger partial charge in [-0.2, -0.15) is 0 Å². The quantitative estimate of drug-likeness (QED) is 0.754. The molecule has 2 atom stereocenters. The van der Waals surface area contributed by atoms with E-state index < -0.39 is 6.10 Å². The number of ether oxygens (including phenoxy) is 2. The molecule has 5 heteroatoms. The van der Waals surface area contributed by atoms with Crippen molar-refractivity contribution in [2.24, 2.45) is 0 Å². The van der Waals surface area contributed by atoms with Crippen molar-refractivity contribution in [1.82, 2.24) is 4.98 Å². The largest absolute Gasteiger partial charge is 0.390 e. The van der Waals surface area contributed by atoms with E-state index in [9.17, 15) is 5.11 Å². The summed E-state index contributed by atoms with van der Waals surface area (Å²) in [6, 6.07) is 3.59. The highest BCUT2D eigenvalue weighted by atomic mass is 16.6. The Hall–Kier alpha value is -1.17. The number of hydrogen-bond acceptors (Lipinski definition) is 5. The molecule has 1 aromatic heterocycles. The van der Waals surface area contributed by atoms with E-state index in [0.29, 0.717) is 32.1 Å². The molecule has 1 aliphatic heterocycles. The second-order valence-corrected chi connectivity index (χ2v) is 3.84. The number of hydrogen-bond donors (Lipinski definition) is 2. The third-order valence-electron chi connectivity index (χ3n) is 2.56. The van der Waals surface area contributed by atoms with E-state index in [-0.39, 0.29) is 6.10 Å². The number of aliphatic hydroxyl groups is 1. The van der Waals surface area contributed by atoms with Crippen molar-refractivity contribution in [1.29, 1.82) is 0 Å². The van der Waals surface area contributed by atoms with Crippen LogP contribution in [-0.2, 0) is 15.9 Å². The standard InChI is InChI=1S/C11H16N2O3/c12-11-6-8(1-2-13-11)5-9(14)10-7-15-3-4-16-10/h1-2,6,9-10,14H,3-5,7H2,(H2,12,13). The topological polar surface area (TPSA) is 77.6 Å². The number of pyridine rings is 1. The molecule has 1 aromatic rings. The highest BCUT2D eigenvalue weighted by Crippen LogP contribution is 2.12. The van der Waals surface area contributed by atoms with Crippen molar-refractivity contribution in [3.8, 4) is 0 Å². The van der Waals surface area contributed by atoms with Gasteiger partial charge in [0.2, 0.25) is 0 Å². The molecule has 0 spiro atoms. The highest BCUT2D eigenvalue weighted by molar-refractivity contribution is 5.32. The molecule has 5 nitrogen and oxygen atoms in total. The van der Waals surface area contributed by atoms with Gasteiger partial charge in [-0.3, -0.25) is 0 Å². The fourth-order valence-electron chi connectivity index (χ4n) is 1.72. The average Bonchev–Trinajstić information content (AvgIpc) is 2.30. The Balaban J connectivity index is 1.93. The summed E-state index contributed by atoms with van der Waals surface area (Å²) in [5.41, 5.74) is 6.52. The molecule has 0 amide bonds. The van der Waals surface area contributed by atoms with Crippen LogP contribution in [0.3, 0.4) is 0 Å². The van der Waals surface area contributed by atoms with Gasteiger partial charge in [0, 0.05) is 12.6 Å². The maximum atomic E-state index is 9.95. The van der Waals surface area contributed by atoms with E-state index in [0.717, 1.165) is 5.56 Å². The SMILES string of the molecule is Nc1cc(CC(O)C2COCCO2)ccn1. The molecule has 0 radical (unpaired) electrons. The minimum atomic E-state index is -0.568. The second-order valence-electron chi connectivity index (χ2n) is 3.84. The van der Waals surface area contributed by atoms with Crippen LogP contribution in [0.5, 0.6) is 0 Å². The Morgan fingerprint density at radius 1 is 1.56 bits per heavy atom. The first kappa shape index (κ1) is 11.3. The normalized spacial score (nSPS) is 22.9. The van der Waals surface area contributed by atoms with Crippen LogP contribution in [0.1, 0.15) is 5.56 Å². The van der Waals surface area contributed by atoms with E-state index in [2.05, 4.69) is 4.98 Å². The van der Waals surface area contributed by atoms with Gasteiger partial charge < -0.3 is 20.3 Å². The van der Waals surface area contributed by atoms with Gasteiger partial charge in [0.05, 0.1) is 25.9 Å². The molecule has 1 fully saturated rings. The number of aliphatic hydroxyl groups excluding tert-OH is 1. The smallest absolute Gasteiger partial charge is 0.123 e. The van der Waals surface area contributed by atoms with E-state index in [4.69, 9.17) is 15.2 Å². The predicted octanol–water partition coefficient (Wildman–Crippen LogP) is -0.0174. The minimum Gasteiger partial charge on any atom is -0.390 e. The predicted molar refractivity (Wildman–Crippen MR) is 58.9 cm³/mol. The van der Waals surface area contributed by atoms with Crippen LogP contribution >= 0.6 is 0 Å². The number of nitrogen functional groups attached to an aromatic ring is 1. The zero-order valence-corrected chi connectivity index (χ0v) is 9.00. The van der Waals surface area contributed by atoms with Gasteiger partial charge in [-0.1, -0.05) is 0 Å². The van der Waals surface area contributed by atoms with Crippen LogP contribution in [0.25, 0.3) is 0 Å². The maximum absolute atomic E-state index is 9.95. The molecule has 88 valence electrons. The fourth-order valence-corrected chi connectivity index (χ4v) is 1.72. The van der Waals surface area contributed by atoms with Crippen molar-refractivity contribution >= 4 is 5.82 Å². The van der Waals surface area contributed by atoms with E-state index in [1.807, 2.05) is 6.07 Å². The molecule has 2 heterocycles. The van der Waals surface area contributed by atoms with Crippen LogP contribution in [0.2, 0.25) is 0 Å². The third-order valence-corrected chi connectivity index (χ3v) is 2.56. The number of rotatable bonds is 3. The van der Waals surface area contributed by atoms with Crippen molar-refractivity contribution < 1.29 is 14.6 Å². The van der Waals surface area contributed by atoms with Crippen LogP contribution in [0, 0.1) is 0 Å². The summed E-state index contributed by atoms with van der Waals surface area (Å²) in [4.78, 5) is 3.90. The van der Waals surface area contributed by atoms with Gasteiger partial charge in [-0.05, 0) is 17.7 Å². The minimum absolute atomic E-state index is 0.247. The lowest BCUT2D eigenvalue weighted by atomic mass is 10.0. The lowest BCUT2D eigenvalue weighted by Gasteiger charge is -2.27. The maximum Gasteiger partial charge on any atom is 0.123 e. The monoisotopic (exact) mass is 224 g/mol. The highest BCUT2D eigenvalue weighted by Gasteiger charge is 2.23. The lowest BCUT2D eigenvalue weighted by molar-refractivity contribution is -0.131. The van der Waals surface area contributed by atoms with Gasteiger partial charge in [0.25, 0.3) is 0 Å². The van der Waals surface area contributed by atoms with Crippen molar-refractivity contribution in [2.45, 2.75) is 18.6 Å². The van der Waals surface area contributed by atoms with E-state index in [1.54, 1.807) is 12.3 Å². The molecule has 2 unspecified atom stereocenters. The van der Waals surface area contributed by atoms with Gasteiger partial charge in [0.15, 0.2) is 0 Å². The molecular formula is C11H16N2O3. The van der Waals surface area contributed by atoms with Gasteiger partial charge in [0.1, 0.15) is 11.9 Å². The summed E-state index contributed by atoms with van der Waals surface area (Å²) >= 11 is 0. The molecule has 1 saturated heterocycles. The zero-order valence-electron chi connectivity index (χ0n) is 9.00. The van der Waals surface area contributed by atoms with Crippen LogP contribution in [-0.4, -0.2) is 42.1 Å². The summed E-state index contributed by atoms with van der Waals surface area (Å²) in [6.07, 6.45) is 1.32. The number of aromatic nitrogens is 1. The van der Waals surface area contributed by atoms with Crippen molar-refractivity contribution in [3.63, 3.8) is 0 Å². The van der Waals surface area contributed by atoms with Crippen LogP contribution < -0.4 is 5.73 Å². The first-order valence-corrected chi connectivity index (χ1v) is 5.33. The Morgan fingerprint density at radius 3 is 3.12 bits per heavy atom. The molecule has 3 N–H and O–H groups in total. The molecule has 2 rings (SSSR count). The van der Waals surface area contributed by atoms with Gasteiger partial charge in [-0.25, -0.2) is 4.98 Å².